The van der Waals surface area contributed by atoms with Gasteiger partial charge in [0.1, 0.15) is 4.90 Å². The monoisotopic (exact) mass is 389 g/mol. The van der Waals surface area contributed by atoms with Gasteiger partial charge < -0.3 is 5.11 Å². The summed E-state index contributed by atoms with van der Waals surface area (Å²) in [5.74, 6) is 0. The zero-order valence-corrected chi connectivity index (χ0v) is 14.3. The Morgan fingerprint density at radius 1 is 1.37 bits per heavy atom. The quantitative estimate of drug-likeness (QED) is 0.811. The Hall–Kier alpha value is 0.150. The summed E-state index contributed by atoms with van der Waals surface area (Å²) in [6.45, 7) is 3.18. The standard InChI is InChI=1S/C11H14BrCl2NO3S/c1-3-11(2,16)6-15-19(17,18)10-8(13)4-7(12)5-9(10)14/h4-5,15-16H,3,6H2,1-2H3. The number of hydrogen-bond acceptors (Lipinski definition) is 3. The molecule has 0 spiro atoms. The molecule has 0 radical (unpaired) electrons. The molecule has 1 atom stereocenters. The van der Waals surface area contributed by atoms with Crippen LogP contribution in [0.3, 0.4) is 0 Å². The van der Waals surface area contributed by atoms with Crippen molar-refractivity contribution in [1.82, 2.24) is 4.72 Å². The molecule has 1 unspecified atom stereocenters. The van der Waals surface area contributed by atoms with Crippen molar-refractivity contribution in [2.45, 2.75) is 30.8 Å². The van der Waals surface area contributed by atoms with Crippen LogP contribution in [-0.2, 0) is 10.0 Å². The molecule has 0 fully saturated rings. The van der Waals surface area contributed by atoms with Gasteiger partial charge in [-0.1, -0.05) is 46.1 Å². The van der Waals surface area contributed by atoms with E-state index in [0.29, 0.717) is 10.9 Å². The van der Waals surface area contributed by atoms with Crippen LogP contribution in [-0.4, -0.2) is 25.7 Å². The number of aliphatic hydroxyl groups is 1. The number of benzene rings is 1. The highest BCUT2D eigenvalue weighted by Gasteiger charge is 2.26. The summed E-state index contributed by atoms with van der Waals surface area (Å²) in [5.41, 5.74) is -1.12. The van der Waals surface area contributed by atoms with E-state index in [1.54, 1.807) is 13.8 Å². The van der Waals surface area contributed by atoms with E-state index in [-0.39, 0.29) is 21.5 Å². The van der Waals surface area contributed by atoms with Crippen LogP contribution in [0.5, 0.6) is 0 Å². The van der Waals surface area contributed by atoms with Crippen molar-refractivity contribution in [3.63, 3.8) is 0 Å². The first-order chi connectivity index (χ1) is 8.59. The van der Waals surface area contributed by atoms with Crippen molar-refractivity contribution in [2.24, 2.45) is 0 Å². The molecule has 108 valence electrons. The number of rotatable bonds is 5. The Balaban J connectivity index is 3.09. The molecule has 0 amide bonds. The lowest BCUT2D eigenvalue weighted by atomic mass is 10.1. The van der Waals surface area contributed by atoms with Crippen LogP contribution in [0.25, 0.3) is 0 Å². The smallest absolute Gasteiger partial charge is 0.243 e. The number of nitrogens with one attached hydrogen (secondary N) is 1. The summed E-state index contributed by atoms with van der Waals surface area (Å²) in [4.78, 5) is -0.189. The van der Waals surface area contributed by atoms with Crippen LogP contribution in [0.15, 0.2) is 21.5 Å². The van der Waals surface area contributed by atoms with Gasteiger partial charge in [-0.25, -0.2) is 13.1 Å². The SMILES string of the molecule is CCC(C)(O)CNS(=O)(=O)c1c(Cl)cc(Br)cc1Cl. The Morgan fingerprint density at radius 3 is 2.26 bits per heavy atom. The fraction of sp³-hybridized carbons (Fsp3) is 0.455. The fourth-order valence-corrected chi connectivity index (χ4v) is 4.33. The number of halogens is 3. The topological polar surface area (TPSA) is 66.4 Å². The van der Waals surface area contributed by atoms with E-state index < -0.39 is 15.6 Å². The normalized spacial score (nSPS) is 15.3. The van der Waals surface area contributed by atoms with Gasteiger partial charge in [-0.15, -0.1) is 0 Å². The predicted octanol–water partition coefficient (Wildman–Crippen LogP) is 3.20. The van der Waals surface area contributed by atoms with E-state index in [1.807, 2.05) is 0 Å². The van der Waals surface area contributed by atoms with Gasteiger partial charge in [-0.3, -0.25) is 0 Å². The highest BCUT2D eigenvalue weighted by atomic mass is 79.9. The molecule has 1 rings (SSSR count). The van der Waals surface area contributed by atoms with Gasteiger partial charge in [-0.05, 0) is 25.5 Å². The zero-order valence-electron chi connectivity index (χ0n) is 10.4. The Labute approximate surface area is 131 Å². The van der Waals surface area contributed by atoms with Gasteiger partial charge in [0.25, 0.3) is 0 Å². The molecule has 1 aromatic rings. The summed E-state index contributed by atoms with van der Waals surface area (Å²) in [6, 6.07) is 2.89. The van der Waals surface area contributed by atoms with Crippen LogP contribution in [0.4, 0.5) is 0 Å². The summed E-state index contributed by atoms with van der Waals surface area (Å²) >= 11 is 15.0. The summed E-state index contributed by atoms with van der Waals surface area (Å²) in [5, 5.41) is 9.85. The fourth-order valence-electron chi connectivity index (χ4n) is 1.23. The molecule has 0 aliphatic carbocycles. The van der Waals surface area contributed by atoms with E-state index in [9.17, 15) is 13.5 Å². The maximum Gasteiger partial charge on any atom is 0.243 e. The Kier molecular flexibility index (Phi) is 5.69. The van der Waals surface area contributed by atoms with Crippen molar-refractivity contribution in [3.05, 3.63) is 26.7 Å². The van der Waals surface area contributed by atoms with Crippen LogP contribution < -0.4 is 4.72 Å². The molecular formula is C11H14BrCl2NO3S. The van der Waals surface area contributed by atoms with E-state index in [0.717, 1.165) is 0 Å². The molecule has 2 N–H and O–H groups in total. The van der Waals surface area contributed by atoms with Crippen LogP contribution in [0.1, 0.15) is 20.3 Å². The van der Waals surface area contributed by atoms with Gasteiger partial charge >= 0.3 is 0 Å². The second kappa shape index (κ2) is 6.28. The number of hydrogen-bond donors (Lipinski definition) is 2. The molecule has 4 nitrogen and oxygen atoms in total. The first-order valence-electron chi connectivity index (χ1n) is 5.45. The predicted molar refractivity (Wildman–Crippen MR) is 80.3 cm³/mol. The van der Waals surface area contributed by atoms with Crippen LogP contribution in [0, 0.1) is 0 Å². The molecule has 8 heteroatoms. The molecular weight excluding hydrogens is 377 g/mol. The largest absolute Gasteiger partial charge is 0.389 e. The summed E-state index contributed by atoms with van der Waals surface area (Å²) < 4.78 is 27.2. The van der Waals surface area contributed by atoms with E-state index in [4.69, 9.17) is 23.2 Å². The highest BCUT2D eigenvalue weighted by molar-refractivity contribution is 9.10. The molecule has 0 aliphatic heterocycles. The van der Waals surface area contributed by atoms with Crippen molar-refractivity contribution >= 4 is 49.2 Å². The molecule has 0 aromatic heterocycles. The maximum atomic E-state index is 12.1. The minimum atomic E-state index is -3.88. The minimum absolute atomic E-state index is 0.0167. The first kappa shape index (κ1) is 17.2. The molecule has 0 saturated carbocycles. The second-order valence-corrected chi connectivity index (χ2v) is 7.81. The average molecular weight is 391 g/mol. The van der Waals surface area contributed by atoms with Crippen LogP contribution >= 0.6 is 39.1 Å². The van der Waals surface area contributed by atoms with Gasteiger partial charge in [-0.2, -0.15) is 0 Å². The molecule has 0 saturated heterocycles. The average Bonchev–Trinajstić information content (AvgIpc) is 2.25. The van der Waals surface area contributed by atoms with E-state index >= 15 is 0 Å². The van der Waals surface area contributed by atoms with E-state index in [1.165, 1.54) is 12.1 Å². The minimum Gasteiger partial charge on any atom is -0.389 e. The van der Waals surface area contributed by atoms with Crippen molar-refractivity contribution in [1.29, 1.82) is 0 Å². The lowest BCUT2D eigenvalue weighted by Gasteiger charge is -2.22. The van der Waals surface area contributed by atoms with Gasteiger partial charge in [0.05, 0.1) is 15.6 Å². The van der Waals surface area contributed by atoms with Gasteiger partial charge in [0.2, 0.25) is 10.0 Å². The molecule has 0 aliphatic rings. The third-order valence-corrected chi connectivity index (χ3v) is 5.42. The molecule has 0 bridgehead atoms. The summed E-state index contributed by atoms with van der Waals surface area (Å²) in [6.07, 6.45) is 0.414. The van der Waals surface area contributed by atoms with Gasteiger partial charge in [0.15, 0.2) is 0 Å². The lowest BCUT2D eigenvalue weighted by molar-refractivity contribution is 0.0613. The van der Waals surface area contributed by atoms with Crippen molar-refractivity contribution < 1.29 is 13.5 Å². The third-order valence-electron chi connectivity index (χ3n) is 2.64. The summed E-state index contributed by atoms with van der Waals surface area (Å²) in [7, 11) is -3.88. The first-order valence-corrected chi connectivity index (χ1v) is 8.49. The van der Waals surface area contributed by atoms with Crippen LogP contribution in [0.2, 0.25) is 10.0 Å². The lowest BCUT2D eigenvalue weighted by Crippen LogP contribution is -2.40. The Bertz CT molecular complexity index is 552. The molecule has 0 heterocycles. The van der Waals surface area contributed by atoms with Gasteiger partial charge in [0, 0.05) is 11.0 Å². The Morgan fingerprint density at radius 2 is 1.84 bits per heavy atom. The highest BCUT2D eigenvalue weighted by Crippen LogP contribution is 2.32. The van der Waals surface area contributed by atoms with Crippen molar-refractivity contribution in [3.8, 4) is 0 Å². The number of sulfonamides is 1. The molecule has 19 heavy (non-hydrogen) atoms. The van der Waals surface area contributed by atoms with E-state index in [2.05, 4.69) is 20.7 Å². The van der Waals surface area contributed by atoms with Crippen molar-refractivity contribution in [2.75, 3.05) is 6.54 Å². The molecule has 1 aromatic carbocycles. The third kappa shape index (κ3) is 4.58. The second-order valence-electron chi connectivity index (χ2n) is 4.37. The zero-order chi connectivity index (χ0) is 14.8. The maximum absolute atomic E-state index is 12.1.